The Kier molecular flexibility index (Phi) is 4.13. The average molecular weight is 193 g/mol. The lowest BCUT2D eigenvalue weighted by molar-refractivity contribution is -0.106. The molecule has 76 valence electrons. The molecule has 1 aromatic rings. The number of carbonyl (C=O) groups excluding carboxylic acids is 1. The van der Waals surface area contributed by atoms with Crippen molar-refractivity contribution in [1.82, 2.24) is 5.32 Å². The molecule has 1 heterocycles. The van der Waals surface area contributed by atoms with E-state index in [-0.39, 0.29) is 0 Å². The van der Waals surface area contributed by atoms with Crippen LogP contribution >= 0.6 is 0 Å². The molecule has 0 spiro atoms. The summed E-state index contributed by atoms with van der Waals surface area (Å²) in [6.07, 6.45) is 1.83. The maximum atomic E-state index is 9.16. The standard InChI is InChI=1S/C9H11NO.C2H4O/c11-9-2-1-7-3-4-10-6-8(7)5-9;1-2-3/h1-2,5,10-11H,3-4,6H2;2H,1H3. The first-order chi connectivity index (χ1) is 6.77. The minimum atomic E-state index is 0.368. The summed E-state index contributed by atoms with van der Waals surface area (Å²) in [6, 6.07) is 5.59. The van der Waals surface area contributed by atoms with Gasteiger partial charge in [-0.15, -0.1) is 0 Å². The Morgan fingerprint density at radius 2 is 2.14 bits per heavy atom. The van der Waals surface area contributed by atoms with E-state index < -0.39 is 0 Å². The van der Waals surface area contributed by atoms with Crippen LogP contribution in [0.15, 0.2) is 18.2 Å². The number of phenolic OH excluding ortho intramolecular Hbond substituents is 1. The van der Waals surface area contributed by atoms with Gasteiger partial charge in [-0.1, -0.05) is 6.07 Å². The van der Waals surface area contributed by atoms with Crippen LogP contribution in [0.25, 0.3) is 0 Å². The number of aldehydes is 1. The number of nitrogens with one attached hydrogen (secondary N) is 1. The molecule has 0 aliphatic carbocycles. The molecule has 3 nitrogen and oxygen atoms in total. The molecule has 14 heavy (non-hydrogen) atoms. The van der Waals surface area contributed by atoms with E-state index in [4.69, 9.17) is 9.90 Å². The first-order valence-electron chi connectivity index (χ1n) is 4.69. The van der Waals surface area contributed by atoms with Gasteiger partial charge in [0.1, 0.15) is 12.0 Å². The third-order valence-corrected chi connectivity index (χ3v) is 2.08. The number of benzene rings is 1. The Bertz CT molecular complexity index is 310. The van der Waals surface area contributed by atoms with Gasteiger partial charge in [-0.05, 0) is 43.1 Å². The van der Waals surface area contributed by atoms with E-state index in [9.17, 15) is 0 Å². The van der Waals surface area contributed by atoms with Gasteiger partial charge in [-0.3, -0.25) is 0 Å². The fraction of sp³-hybridized carbons (Fsp3) is 0.364. The van der Waals surface area contributed by atoms with E-state index in [1.165, 1.54) is 18.1 Å². The molecule has 0 atom stereocenters. The molecular formula is C11H15NO2. The van der Waals surface area contributed by atoms with Gasteiger partial charge in [0.05, 0.1) is 0 Å². The average Bonchev–Trinajstić information content (AvgIpc) is 2.19. The Morgan fingerprint density at radius 3 is 2.86 bits per heavy atom. The second-order valence-corrected chi connectivity index (χ2v) is 3.12. The van der Waals surface area contributed by atoms with E-state index >= 15 is 0 Å². The van der Waals surface area contributed by atoms with Crippen LogP contribution in [0.1, 0.15) is 18.1 Å². The van der Waals surface area contributed by atoms with Crippen molar-refractivity contribution in [1.29, 1.82) is 0 Å². The highest BCUT2D eigenvalue weighted by Crippen LogP contribution is 2.18. The highest BCUT2D eigenvalue weighted by atomic mass is 16.3. The molecule has 0 amide bonds. The summed E-state index contributed by atoms with van der Waals surface area (Å²) in [5, 5.41) is 12.4. The quantitative estimate of drug-likeness (QED) is 0.609. The van der Waals surface area contributed by atoms with Crippen molar-refractivity contribution in [2.24, 2.45) is 0 Å². The Morgan fingerprint density at radius 1 is 1.43 bits per heavy atom. The molecule has 0 saturated carbocycles. The van der Waals surface area contributed by atoms with Gasteiger partial charge in [0.25, 0.3) is 0 Å². The van der Waals surface area contributed by atoms with Crippen LogP contribution in [-0.2, 0) is 17.8 Å². The summed E-state index contributed by atoms with van der Waals surface area (Å²) in [6.45, 7) is 3.39. The zero-order valence-corrected chi connectivity index (χ0v) is 8.29. The molecule has 0 radical (unpaired) electrons. The predicted molar refractivity (Wildman–Crippen MR) is 55.3 cm³/mol. The fourth-order valence-electron chi connectivity index (χ4n) is 1.47. The van der Waals surface area contributed by atoms with Crippen LogP contribution < -0.4 is 5.32 Å². The molecule has 0 saturated heterocycles. The van der Waals surface area contributed by atoms with Gasteiger partial charge in [-0.25, -0.2) is 0 Å². The number of carbonyl (C=O) groups is 1. The second kappa shape index (κ2) is 5.40. The largest absolute Gasteiger partial charge is 0.508 e. The number of hydrogen-bond donors (Lipinski definition) is 2. The molecule has 0 fully saturated rings. The van der Waals surface area contributed by atoms with E-state index in [1.54, 1.807) is 6.07 Å². The summed E-state index contributed by atoms with van der Waals surface area (Å²) >= 11 is 0. The summed E-state index contributed by atoms with van der Waals surface area (Å²) in [4.78, 5) is 8.81. The van der Waals surface area contributed by atoms with Crippen LogP contribution in [0.5, 0.6) is 5.75 Å². The molecule has 2 N–H and O–H groups in total. The fourth-order valence-corrected chi connectivity index (χ4v) is 1.47. The summed E-state index contributed by atoms with van der Waals surface area (Å²) in [5.74, 6) is 0.368. The van der Waals surface area contributed by atoms with Crippen molar-refractivity contribution < 1.29 is 9.90 Å². The van der Waals surface area contributed by atoms with Crippen molar-refractivity contribution in [3.63, 3.8) is 0 Å². The molecular weight excluding hydrogens is 178 g/mol. The monoisotopic (exact) mass is 193 g/mol. The topological polar surface area (TPSA) is 49.3 Å². The van der Waals surface area contributed by atoms with Crippen LogP contribution in [0.4, 0.5) is 0 Å². The first kappa shape index (κ1) is 10.7. The van der Waals surface area contributed by atoms with Crippen LogP contribution in [0.3, 0.4) is 0 Å². The molecule has 1 aliphatic rings. The Labute approximate surface area is 83.8 Å². The minimum Gasteiger partial charge on any atom is -0.508 e. The molecule has 0 bridgehead atoms. The van der Waals surface area contributed by atoms with Crippen LogP contribution in [-0.4, -0.2) is 17.9 Å². The van der Waals surface area contributed by atoms with Gasteiger partial charge >= 0.3 is 0 Å². The number of phenols is 1. The van der Waals surface area contributed by atoms with Gasteiger partial charge in [-0.2, -0.15) is 0 Å². The van der Waals surface area contributed by atoms with Gasteiger partial charge in [0.2, 0.25) is 0 Å². The molecule has 1 aromatic carbocycles. The molecule has 0 unspecified atom stereocenters. The lowest BCUT2D eigenvalue weighted by atomic mass is 10.0. The number of aromatic hydroxyl groups is 1. The zero-order valence-electron chi connectivity index (χ0n) is 8.29. The minimum absolute atomic E-state index is 0.368. The summed E-state index contributed by atoms with van der Waals surface area (Å²) < 4.78 is 0. The van der Waals surface area contributed by atoms with Gasteiger partial charge in [0, 0.05) is 6.54 Å². The molecule has 1 aliphatic heterocycles. The SMILES string of the molecule is CC=O.Oc1ccc2c(c1)CNCC2. The highest BCUT2D eigenvalue weighted by molar-refractivity contribution is 5.44. The van der Waals surface area contributed by atoms with Gasteiger partial charge < -0.3 is 15.2 Å². The van der Waals surface area contributed by atoms with Gasteiger partial charge in [0.15, 0.2) is 0 Å². The molecule has 3 heteroatoms. The van der Waals surface area contributed by atoms with Crippen LogP contribution in [0.2, 0.25) is 0 Å². The maximum absolute atomic E-state index is 9.16. The van der Waals surface area contributed by atoms with Crippen LogP contribution in [0, 0.1) is 0 Å². The van der Waals surface area contributed by atoms with Crippen molar-refractivity contribution in [2.45, 2.75) is 19.9 Å². The number of hydrogen-bond acceptors (Lipinski definition) is 3. The van der Waals surface area contributed by atoms with E-state index in [0.717, 1.165) is 25.8 Å². The lowest BCUT2D eigenvalue weighted by Gasteiger charge is -2.16. The van der Waals surface area contributed by atoms with Crippen molar-refractivity contribution in [2.75, 3.05) is 6.54 Å². The lowest BCUT2D eigenvalue weighted by Crippen LogP contribution is -2.23. The second-order valence-electron chi connectivity index (χ2n) is 3.12. The zero-order chi connectivity index (χ0) is 10.4. The Hall–Kier alpha value is -1.35. The number of rotatable bonds is 0. The molecule has 0 aromatic heterocycles. The third kappa shape index (κ3) is 2.85. The van der Waals surface area contributed by atoms with E-state index in [1.807, 2.05) is 12.1 Å². The molecule has 2 rings (SSSR count). The van der Waals surface area contributed by atoms with Crippen molar-refractivity contribution in [3.05, 3.63) is 29.3 Å². The highest BCUT2D eigenvalue weighted by Gasteiger charge is 2.07. The maximum Gasteiger partial charge on any atom is 0.116 e. The normalized spacial score (nSPS) is 13.5. The Balaban J connectivity index is 0.000000293. The smallest absolute Gasteiger partial charge is 0.116 e. The summed E-state index contributed by atoms with van der Waals surface area (Å²) in [7, 11) is 0. The first-order valence-corrected chi connectivity index (χ1v) is 4.69. The van der Waals surface area contributed by atoms with Crippen molar-refractivity contribution in [3.8, 4) is 5.75 Å². The van der Waals surface area contributed by atoms with E-state index in [2.05, 4.69) is 5.32 Å². The van der Waals surface area contributed by atoms with E-state index in [0.29, 0.717) is 5.75 Å². The van der Waals surface area contributed by atoms with Crippen molar-refractivity contribution >= 4 is 6.29 Å². The summed E-state index contributed by atoms with van der Waals surface area (Å²) in [5.41, 5.74) is 2.60. The predicted octanol–water partition coefficient (Wildman–Crippen LogP) is 1.24. The third-order valence-electron chi connectivity index (χ3n) is 2.08. The number of fused-ring (bicyclic) bond motifs is 1.